The van der Waals surface area contributed by atoms with E-state index in [1.165, 1.54) is 0 Å². The highest BCUT2D eigenvalue weighted by molar-refractivity contribution is 6.34. The number of carbonyl (C=O) groups is 2. The lowest BCUT2D eigenvalue weighted by molar-refractivity contribution is 0.0715. The van der Waals surface area contributed by atoms with Crippen molar-refractivity contribution in [1.29, 1.82) is 0 Å². The van der Waals surface area contributed by atoms with Crippen LogP contribution in [0.1, 0.15) is 27.3 Å². The summed E-state index contributed by atoms with van der Waals surface area (Å²) in [5, 5.41) is 0.361. The van der Waals surface area contributed by atoms with Gasteiger partial charge < -0.3 is 14.5 Å². The first kappa shape index (κ1) is 18.2. The zero-order valence-electron chi connectivity index (χ0n) is 14.5. The molecular weight excluding hydrogens is 354 g/mol. The molecule has 0 saturated carbocycles. The first-order valence-electron chi connectivity index (χ1n) is 8.43. The predicted octanol–water partition coefficient (Wildman–Crippen LogP) is 2.73. The van der Waals surface area contributed by atoms with Crippen LogP contribution in [-0.2, 0) is 0 Å². The Labute approximate surface area is 157 Å². The Morgan fingerprint density at radius 2 is 1.77 bits per heavy atom. The molecular formula is C19H20ClN3O3. The molecule has 136 valence electrons. The molecule has 26 heavy (non-hydrogen) atoms. The molecule has 0 radical (unpaired) electrons. The van der Waals surface area contributed by atoms with Gasteiger partial charge in [-0.3, -0.25) is 14.6 Å². The van der Waals surface area contributed by atoms with Crippen molar-refractivity contribution < 1.29 is 14.3 Å². The highest BCUT2D eigenvalue weighted by Gasteiger charge is 2.25. The minimum atomic E-state index is -0.134. The molecule has 1 aromatic heterocycles. The topological polar surface area (TPSA) is 62.7 Å². The molecule has 2 heterocycles. The van der Waals surface area contributed by atoms with Gasteiger partial charge in [0.1, 0.15) is 11.4 Å². The number of benzene rings is 1. The monoisotopic (exact) mass is 373 g/mol. The second-order valence-electron chi connectivity index (χ2n) is 6.00. The van der Waals surface area contributed by atoms with Crippen molar-refractivity contribution in [2.45, 2.75) is 6.42 Å². The van der Waals surface area contributed by atoms with Crippen LogP contribution in [-0.4, -0.2) is 59.9 Å². The van der Waals surface area contributed by atoms with Crippen molar-refractivity contribution in [3.63, 3.8) is 0 Å². The number of ether oxygens (including phenoxy) is 1. The highest BCUT2D eigenvalue weighted by atomic mass is 35.5. The van der Waals surface area contributed by atoms with Crippen LogP contribution < -0.4 is 4.74 Å². The minimum Gasteiger partial charge on any atom is -0.497 e. The fourth-order valence-corrected chi connectivity index (χ4v) is 3.19. The maximum Gasteiger partial charge on any atom is 0.272 e. The van der Waals surface area contributed by atoms with Crippen LogP contribution in [0.4, 0.5) is 0 Å². The predicted molar refractivity (Wildman–Crippen MR) is 98.7 cm³/mol. The van der Waals surface area contributed by atoms with Crippen LogP contribution in [0, 0.1) is 0 Å². The van der Waals surface area contributed by atoms with E-state index >= 15 is 0 Å². The normalized spacial score (nSPS) is 14.7. The number of halogens is 1. The molecule has 0 spiro atoms. The summed E-state index contributed by atoms with van der Waals surface area (Å²) in [6, 6.07) is 10.3. The average Bonchev–Trinajstić information content (AvgIpc) is 2.93. The lowest BCUT2D eigenvalue weighted by Crippen LogP contribution is -2.37. The largest absolute Gasteiger partial charge is 0.497 e. The van der Waals surface area contributed by atoms with Crippen LogP contribution in [0.5, 0.6) is 5.75 Å². The Morgan fingerprint density at radius 3 is 2.38 bits per heavy atom. The van der Waals surface area contributed by atoms with E-state index in [4.69, 9.17) is 16.3 Å². The van der Waals surface area contributed by atoms with Crippen LogP contribution in [0.25, 0.3) is 0 Å². The summed E-state index contributed by atoms with van der Waals surface area (Å²) >= 11 is 6.22. The third kappa shape index (κ3) is 3.96. The molecule has 6 nitrogen and oxygen atoms in total. The molecule has 3 rings (SSSR count). The van der Waals surface area contributed by atoms with Crippen molar-refractivity contribution >= 4 is 23.4 Å². The van der Waals surface area contributed by atoms with E-state index < -0.39 is 0 Å². The number of pyridine rings is 1. The van der Waals surface area contributed by atoms with E-state index in [0.717, 1.165) is 0 Å². The number of carbonyl (C=O) groups excluding carboxylic acids is 2. The highest BCUT2D eigenvalue weighted by Crippen LogP contribution is 2.24. The molecule has 0 N–H and O–H groups in total. The standard InChI is InChI=1S/C19H20ClN3O3/c1-26-14-6-7-15(16(20)13-14)18(24)22-9-4-10-23(12-11-22)19(25)17-5-2-3-8-21-17/h2-3,5-8,13H,4,9-12H2,1H3. The molecule has 0 aliphatic carbocycles. The van der Waals surface area contributed by atoms with Crippen LogP contribution in [0.2, 0.25) is 5.02 Å². The number of nitrogens with zero attached hydrogens (tertiary/aromatic N) is 3. The second-order valence-corrected chi connectivity index (χ2v) is 6.41. The number of hydrogen-bond donors (Lipinski definition) is 0. The third-order valence-corrected chi connectivity index (χ3v) is 4.67. The Kier molecular flexibility index (Phi) is 5.73. The van der Waals surface area contributed by atoms with Gasteiger partial charge in [-0.1, -0.05) is 17.7 Å². The molecule has 1 aliphatic heterocycles. The van der Waals surface area contributed by atoms with Gasteiger partial charge in [-0.2, -0.15) is 0 Å². The average molecular weight is 374 g/mol. The van der Waals surface area contributed by atoms with E-state index in [9.17, 15) is 9.59 Å². The summed E-state index contributed by atoms with van der Waals surface area (Å²) in [5.41, 5.74) is 0.863. The van der Waals surface area contributed by atoms with E-state index in [1.54, 1.807) is 59.5 Å². The molecule has 0 bridgehead atoms. The number of aromatic nitrogens is 1. The molecule has 1 fully saturated rings. The molecule has 0 unspecified atom stereocenters. The summed E-state index contributed by atoms with van der Waals surface area (Å²) in [5.74, 6) is 0.363. The van der Waals surface area contributed by atoms with Gasteiger partial charge in [-0.15, -0.1) is 0 Å². The zero-order valence-corrected chi connectivity index (χ0v) is 15.3. The van der Waals surface area contributed by atoms with E-state index in [-0.39, 0.29) is 11.8 Å². The van der Waals surface area contributed by atoms with Crippen LogP contribution in [0.3, 0.4) is 0 Å². The molecule has 2 amide bonds. The smallest absolute Gasteiger partial charge is 0.272 e. The number of rotatable bonds is 3. The van der Waals surface area contributed by atoms with Crippen molar-refractivity contribution in [3.8, 4) is 5.75 Å². The van der Waals surface area contributed by atoms with Crippen molar-refractivity contribution in [2.75, 3.05) is 33.3 Å². The Hall–Kier alpha value is -2.60. The van der Waals surface area contributed by atoms with Gasteiger partial charge in [0.15, 0.2) is 0 Å². The van der Waals surface area contributed by atoms with E-state index in [1.807, 2.05) is 0 Å². The van der Waals surface area contributed by atoms with Crippen molar-refractivity contribution in [1.82, 2.24) is 14.8 Å². The lowest BCUT2D eigenvalue weighted by atomic mass is 10.2. The maximum atomic E-state index is 12.8. The Bertz CT molecular complexity index is 798. The summed E-state index contributed by atoms with van der Waals surface area (Å²) in [6.07, 6.45) is 2.31. The SMILES string of the molecule is COc1ccc(C(=O)N2CCCN(C(=O)c3ccccn3)CC2)c(Cl)c1. The van der Waals surface area contributed by atoms with Crippen molar-refractivity contribution in [2.24, 2.45) is 0 Å². The van der Waals surface area contributed by atoms with E-state index in [2.05, 4.69) is 4.98 Å². The lowest BCUT2D eigenvalue weighted by Gasteiger charge is -2.22. The molecule has 1 aromatic carbocycles. The third-order valence-electron chi connectivity index (χ3n) is 4.36. The molecule has 1 saturated heterocycles. The van der Waals surface area contributed by atoms with Crippen LogP contribution in [0.15, 0.2) is 42.6 Å². The first-order valence-corrected chi connectivity index (χ1v) is 8.81. The molecule has 1 aliphatic rings. The molecule has 0 atom stereocenters. The van der Waals surface area contributed by atoms with Gasteiger partial charge >= 0.3 is 0 Å². The fraction of sp³-hybridized carbons (Fsp3) is 0.316. The van der Waals surface area contributed by atoms with Gasteiger partial charge in [-0.25, -0.2) is 0 Å². The van der Waals surface area contributed by atoms with Crippen LogP contribution >= 0.6 is 11.6 Å². The minimum absolute atomic E-state index is 0.109. The fourth-order valence-electron chi connectivity index (χ4n) is 2.94. The number of amides is 2. The van der Waals surface area contributed by atoms with Gasteiger partial charge in [0.05, 0.1) is 17.7 Å². The van der Waals surface area contributed by atoms with Crippen molar-refractivity contribution in [3.05, 3.63) is 58.9 Å². The quantitative estimate of drug-likeness (QED) is 0.829. The summed E-state index contributed by atoms with van der Waals surface area (Å²) in [6.45, 7) is 2.09. The van der Waals surface area contributed by atoms with Gasteiger partial charge in [0.2, 0.25) is 0 Å². The van der Waals surface area contributed by atoms with Gasteiger partial charge in [-0.05, 0) is 36.8 Å². The molecule has 7 heteroatoms. The summed E-state index contributed by atoms with van der Waals surface area (Å²) in [4.78, 5) is 32.9. The first-order chi connectivity index (χ1) is 12.6. The number of hydrogen-bond acceptors (Lipinski definition) is 4. The summed E-state index contributed by atoms with van der Waals surface area (Å²) in [7, 11) is 1.55. The Morgan fingerprint density at radius 1 is 1.04 bits per heavy atom. The molecule has 2 aromatic rings. The summed E-state index contributed by atoms with van der Waals surface area (Å²) < 4.78 is 5.12. The maximum absolute atomic E-state index is 12.8. The number of methoxy groups -OCH3 is 1. The Balaban J connectivity index is 1.68. The van der Waals surface area contributed by atoms with Gasteiger partial charge in [0.25, 0.3) is 11.8 Å². The van der Waals surface area contributed by atoms with Gasteiger partial charge in [0, 0.05) is 32.4 Å². The zero-order chi connectivity index (χ0) is 18.5. The van der Waals surface area contributed by atoms with E-state index in [0.29, 0.717) is 54.6 Å². The second kappa shape index (κ2) is 8.19.